The van der Waals surface area contributed by atoms with Crippen molar-refractivity contribution in [2.75, 3.05) is 0 Å². The van der Waals surface area contributed by atoms with E-state index in [9.17, 15) is 4.79 Å². The third kappa shape index (κ3) is 2.84. The number of aliphatic carboxylic acids is 1. The number of aryl methyl sites for hydroxylation is 1. The molecule has 1 aromatic rings. The average Bonchev–Trinajstić information content (AvgIpc) is 2.26. The highest BCUT2D eigenvalue weighted by molar-refractivity contribution is 5.67. The highest BCUT2D eigenvalue weighted by atomic mass is 16.5. The van der Waals surface area contributed by atoms with Crippen LogP contribution >= 0.6 is 0 Å². The Morgan fingerprint density at radius 3 is 2.78 bits per heavy atom. The predicted octanol–water partition coefficient (Wildman–Crippen LogP) is 3.15. The maximum absolute atomic E-state index is 10.7. The number of benzene rings is 1. The monoisotopic (exact) mass is 248 g/mol. The SMILES string of the molecule is CC(C)(C)c1ccc2c(c1)CCC(CC(=O)O)O2. The van der Waals surface area contributed by atoms with Gasteiger partial charge in [0, 0.05) is 0 Å². The van der Waals surface area contributed by atoms with E-state index >= 15 is 0 Å². The maximum Gasteiger partial charge on any atom is 0.307 e. The quantitative estimate of drug-likeness (QED) is 0.874. The molecule has 1 heterocycles. The first-order valence-corrected chi connectivity index (χ1v) is 6.38. The van der Waals surface area contributed by atoms with Crippen LogP contribution in [0, 0.1) is 0 Å². The van der Waals surface area contributed by atoms with Crippen LogP contribution in [0.15, 0.2) is 18.2 Å². The van der Waals surface area contributed by atoms with Crippen LogP contribution in [0.5, 0.6) is 5.75 Å². The van der Waals surface area contributed by atoms with Crippen LogP contribution in [0.25, 0.3) is 0 Å². The van der Waals surface area contributed by atoms with Gasteiger partial charge in [0.15, 0.2) is 0 Å². The molecule has 0 bridgehead atoms. The minimum absolute atomic E-state index is 0.0838. The van der Waals surface area contributed by atoms with Gasteiger partial charge in [0.25, 0.3) is 0 Å². The Balaban J connectivity index is 2.18. The van der Waals surface area contributed by atoms with Crippen LogP contribution < -0.4 is 4.74 Å². The van der Waals surface area contributed by atoms with Crippen LogP contribution in [0.1, 0.15) is 44.7 Å². The van der Waals surface area contributed by atoms with Crippen LogP contribution in [-0.2, 0) is 16.6 Å². The minimum Gasteiger partial charge on any atom is -0.490 e. The fourth-order valence-corrected chi connectivity index (χ4v) is 2.25. The molecule has 18 heavy (non-hydrogen) atoms. The van der Waals surface area contributed by atoms with Gasteiger partial charge in [-0.2, -0.15) is 0 Å². The summed E-state index contributed by atoms with van der Waals surface area (Å²) in [5.41, 5.74) is 2.62. The van der Waals surface area contributed by atoms with Crippen LogP contribution in [-0.4, -0.2) is 17.2 Å². The van der Waals surface area contributed by atoms with Gasteiger partial charge in [-0.25, -0.2) is 0 Å². The number of fused-ring (bicyclic) bond motifs is 1. The van der Waals surface area contributed by atoms with Gasteiger partial charge < -0.3 is 9.84 Å². The molecule has 0 fully saturated rings. The molecule has 0 amide bonds. The second-order valence-electron chi connectivity index (χ2n) is 5.95. The van der Waals surface area contributed by atoms with Gasteiger partial charge in [-0.3, -0.25) is 4.79 Å². The lowest BCUT2D eigenvalue weighted by Crippen LogP contribution is -2.26. The molecule has 1 N–H and O–H groups in total. The summed E-state index contributed by atoms with van der Waals surface area (Å²) >= 11 is 0. The van der Waals surface area contributed by atoms with Gasteiger partial charge >= 0.3 is 5.97 Å². The van der Waals surface area contributed by atoms with Crippen molar-refractivity contribution < 1.29 is 14.6 Å². The van der Waals surface area contributed by atoms with Crippen molar-refractivity contribution in [3.05, 3.63) is 29.3 Å². The lowest BCUT2D eigenvalue weighted by Gasteiger charge is -2.27. The number of ether oxygens (including phenoxy) is 1. The minimum atomic E-state index is -0.797. The van der Waals surface area contributed by atoms with Gasteiger partial charge in [-0.15, -0.1) is 0 Å². The zero-order valence-corrected chi connectivity index (χ0v) is 11.2. The third-order valence-electron chi connectivity index (χ3n) is 3.36. The first-order chi connectivity index (χ1) is 8.36. The fraction of sp³-hybridized carbons (Fsp3) is 0.533. The highest BCUT2D eigenvalue weighted by Crippen LogP contribution is 2.33. The highest BCUT2D eigenvalue weighted by Gasteiger charge is 2.23. The second-order valence-corrected chi connectivity index (χ2v) is 5.95. The molecular weight excluding hydrogens is 228 g/mol. The van der Waals surface area contributed by atoms with E-state index in [1.54, 1.807) is 0 Å². The van der Waals surface area contributed by atoms with E-state index < -0.39 is 5.97 Å². The molecule has 0 saturated carbocycles. The summed E-state index contributed by atoms with van der Waals surface area (Å²) < 4.78 is 5.73. The van der Waals surface area contributed by atoms with Crippen molar-refractivity contribution in [3.63, 3.8) is 0 Å². The standard InChI is InChI=1S/C15H20O3/c1-15(2,3)11-5-7-13-10(8-11)4-6-12(18-13)9-14(16)17/h5,7-8,12H,4,6,9H2,1-3H3,(H,16,17). The van der Waals surface area contributed by atoms with Gasteiger partial charge in [-0.05, 0) is 35.4 Å². The molecule has 98 valence electrons. The molecule has 0 spiro atoms. The lowest BCUT2D eigenvalue weighted by atomic mass is 9.85. The van der Waals surface area contributed by atoms with Crippen LogP contribution in [0.4, 0.5) is 0 Å². The number of rotatable bonds is 2. The van der Waals surface area contributed by atoms with E-state index in [0.717, 1.165) is 18.6 Å². The van der Waals surface area contributed by atoms with E-state index in [1.807, 2.05) is 6.07 Å². The van der Waals surface area contributed by atoms with Gasteiger partial charge in [0.05, 0.1) is 6.42 Å². The lowest BCUT2D eigenvalue weighted by molar-refractivity contribution is -0.139. The summed E-state index contributed by atoms with van der Waals surface area (Å²) in [6.45, 7) is 6.56. The van der Waals surface area contributed by atoms with Crippen LogP contribution in [0.3, 0.4) is 0 Å². The van der Waals surface area contributed by atoms with E-state index in [1.165, 1.54) is 11.1 Å². The Morgan fingerprint density at radius 1 is 1.44 bits per heavy atom. The van der Waals surface area contributed by atoms with Crippen molar-refractivity contribution in [2.24, 2.45) is 0 Å². The molecular formula is C15H20O3. The third-order valence-corrected chi connectivity index (χ3v) is 3.36. The summed E-state index contributed by atoms with van der Waals surface area (Å²) in [4.78, 5) is 10.7. The first-order valence-electron chi connectivity index (χ1n) is 6.38. The summed E-state index contributed by atoms with van der Waals surface area (Å²) in [7, 11) is 0. The molecule has 1 aliphatic rings. The Hall–Kier alpha value is -1.51. The second kappa shape index (κ2) is 4.63. The molecule has 0 saturated heterocycles. The van der Waals surface area contributed by atoms with Crippen molar-refractivity contribution in [3.8, 4) is 5.75 Å². The number of carboxylic acid groups (broad SMARTS) is 1. The van der Waals surface area contributed by atoms with Crippen molar-refractivity contribution in [1.29, 1.82) is 0 Å². The molecule has 0 aromatic heterocycles. The van der Waals surface area contributed by atoms with Gasteiger partial charge in [0.2, 0.25) is 0 Å². The topological polar surface area (TPSA) is 46.5 Å². The van der Waals surface area contributed by atoms with Crippen molar-refractivity contribution in [1.82, 2.24) is 0 Å². The number of hydrogen-bond acceptors (Lipinski definition) is 2. The summed E-state index contributed by atoms with van der Waals surface area (Å²) in [6.07, 6.45) is 1.58. The molecule has 3 heteroatoms. The van der Waals surface area contributed by atoms with Crippen molar-refractivity contribution in [2.45, 2.75) is 51.6 Å². The molecule has 1 aliphatic heterocycles. The normalized spacial score (nSPS) is 18.9. The molecule has 2 rings (SSSR count). The molecule has 1 atom stereocenters. The first kappa shape index (κ1) is 12.9. The molecule has 1 unspecified atom stereocenters. The van der Waals surface area contributed by atoms with E-state index in [0.29, 0.717) is 0 Å². The van der Waals surface area contributed by atoms with E-state index in [2.05, 4.69) is 32.9 Å². The fourth-order valence-electron chi connectivity index (χ4n) is 2.25. The Bertz CT molecular complexity index is 457. The zero-order chi connectivity index (χ0) is 13.3. The molecule has 0 radical (unpaired) electrons. The van der Waals surface area contributed by atoms with Crippen LogP contribution in [0.2, 0.25) is 0 Å². The largest absolute Gasteiger partial charge is 0.490 e. The van der Waals surface area contributed by atoms with Crippen molar-refractivity contribution >= 4 is 5.97 Å². The maximum atomic E-state index is 10.7. The average molecular weight is 248 g/mol. The Kier molecular flexibility index (Phi) is 3.33. The number of carbonyl (C=O) groups is 1. The summed E-state index contributed by atoms with van der Waals surface area (Å²) in [6, 6.07) is 6.23. The van der Waals surface area contributed by atoms with Gasteiger partial charge in [-0.1, -0.05) is 32.9 Å². The summed E-state index contributed by atoms with van der Waals surface area (Å²) in [5.74, 6) is 0.0512. The van der Waals surface area contributed by atoms with E-state index in [-0.39, 0.29) is 17.9 Å². The zero-order valence-electron chi connectivity index (χ0n) is 11.2. The number of hydrogen-bond donors (Lipinski definition) is 1. The summed E-state index contributed by atoms with van der Waals surface area (Å²) in [5, 5.41) is 8.78. The Labute approximate surface area is 108 Å². The van der Waals surface area contributed by atoms with Gasteiger partial charge in [0.1, 0.15) is 11.9 Å². The molecule has 3 nitrogen and oxygen atoms in total. The Morgan fingerprint density at radius 2 is 2.17 bits per heavy atom. The predicted molar refractivity (Wildman–Crippen MR) is 70.1 cm³/mol. The van der Waals surface area contributed by atoms with E-state index in [4.69, 9.17) is 9.84 Å². The smallest absolute Gasteiger partial charge is 0.307 e. The molecule has 1 aromatic carbocycles. The molecule has 0 aliphatic carbocycles. The number of carboxylic acids is 1.